The quantitative estimate of drug-likeness (QED) is 0.940. The Labute approximate surface area is 126 Å². The molecule has 1 N–H and O–H groups in total. The summed E-state index contributed by atoms with van der Waals surface area (Å²) in [5.74, 6) is 1.11. The molecule has 0 aliphatic carbocycles. The van der Waals surface area contributed by atoms with Crippen molar-refractivity contribution in [2.75, 3.05) is 19.6 Å². The third-order valence-electron chi connectivity index (χ3n) is 3.74. The molecule has 2 aromatic rings. The lowest BCUT2D eigenvalue weighted by Crippen LogP contribution is -2.49. The van der Waals surface area contributed by atoms with Crippen LogP contribution in [-0.2, 0) is 6.54 Å². The number of aromatic nitrogens is 2. The number of hydrogen-bond acceptors (Lipinski definition) is 3. The number of hydrogen-bond donors (Lipinski definition) is 1. The van der Waals surface area contributed by atoms with Crippen LogP contribution in [0.15, 0.2) is 42.7 Å². The van der Waals surface area contributed by atoms with Crippen molar-refractivity contribution in [3.8, 4) is 5.69 Å². The maximum absolute atomic E-state index is 4.52. The van der Waals surface area contributed by atoms with Crippen LogP contribution in [-0.4, -0.2) is 40.1 Å². The van der Waals surface area contributed by atoms with E-state index in [-0.39, 0.29) is 12.4 Å². The number of para-hydroxylation sites is 1. The molecule has 1 atom stereocenters. The fraction of sp³-hybridized carbons (Fsp3) is 0.400. The molecule has 0 amide bonds. The van der Waals surface area contributed by atoms with Crippen molar-refractivity contribution in [2.45, 2.75) is 19.5 Å². The summed E-state index contributed by atoms with van der Waals surface area (Å²) in [7, 11) is 0. The average Bonchev–Trinajstić information content (AvgIpc) is 2.91. The van der Waals surface area contributed by atoms with Crippen LogP contribution in [0.3, 0.4) is 0 Å². The van der Waals surface area contributed by atoms with Crippen LogP contribution in [0.1, 0.15) is 12.7 Å². The van der Waals surface area contributed by atoms with Crippen molar-refractivity contribution in [3.05, 3.63) is 48.5 Å². The van der Waals surface area contributed by atoms with Crippen LogP contribution >= 0.6 is 12.4 Å². The summed E-state index contributed by atoms with van der Waals surface area (Å²) in [6, 6.07) is 11.0. The first-order valence-corrected chi connectivity index (χ1v) is 6.87. The number of piperazine rings is 1. The molecule has 0 radical (unpaired) electrons. The first-order chi connectivity index (χ1) is 9.34. The van der Waals surface area contributed by atoms with E-state index in [0.29, 0.717) is 6.04 Å². The number of nitrogens with one attached hydrogen (secondary N) is 1. The molecule has 0 saturated carbocycles. The molecule has 1 aromatic heterocycles. The SMILES string of the molecule is CC1CNCCN1Cc1nccn1-c1ccccc1.Cl. The summed E-state index contributed by atoms with van der Waals surface area (Å²) in [6.45, 7) is 6.39. The largest absolute Gasteiger partial charge is 0.314 e. The molecule has 4 nitrogen and oxygen atoms in total. The molecular formula is C15H21ClN4. The fourth-order valence-electron chi connectivity index (χ4n) is 2.57. The van der Waals surface area contributed by atoms with Crippen LogP contribution in [0.2, 0.25) is 0 Å². The molecule has 1 fully saturated rings. The Morgan fingerprint density at radius 1 is 1.30 bits per heavy atom. The van der Waals surface area contributed by atoms with Gasteiger partial charge in [-0.15, -0.1) is 12.4 Å². The predicted octanol–water partition coefficient (Wildman–Crippen LogP) is 2.09. The van der Waals surface area contributed by atoms with Gasteiger partial charge in [0.1, 0.15) is 5.82 Å². The lowest BCUT2D eigenvalue weighted by atomic mass is 10.2. The van der Waals surface area contributed by atoms with Gasteiger partial charge in [-0.3, -0.25) is 4.90 Å². The highest BCUT2D eigenvalue weighted by Gasteiger charge is 2.19. The highest BCUT2D eigenvalue weighted by atomic mass is 35.5. The van der Waals surface area contributed by atoms with Crippen molar-refractivity contribution in [2.24, 2.45) is 0 Å². The molecule has 0 spiro atoms. The molecule has 1 saturated heterocycles. The summed E-state index contributed by atoms with van der Waals surface area (Å²) < 4.78 is 2.18. The van der Waals surface area contributed by atoms with E-state index in [4.69, 9.17) is 0 Å². The Kier molecular flexibility index (Phi) is 5.17. The molecule has 20 heavy (non-hydrogen) atoms. The van der Waals surface area contributed by atoms with Gasteiger partial charge >= 0.3 is 0 Å². The van der Waals surface area contributed by atoms with E-state index < -0.39 is 0 Å². The maximum Gasteiger partial charge on any atom is 0.127 e. The van der Waals surface area contributed by atoms with Gasteiger partial charge in [-0.05, 0) is 19.1 Å². The van der Waals surface area contributed by atoms with Gasteiger partial charge < -0.3 is 9.88 Å². The minimum Gasteiger partial charge on any atom is -0.314 e. The molecule has 2 heterocycles. The Balaban J connectivity index is 0.00000147. The van der Waals surface area contributed by atoms with Gasteiger partial charge in [0.25, 0.3) is 0 Å². The molecule has 3 rings (SSSR count). The second-order valence-electron chi connectivity index (χ2n) is 5.07. The Bertz CT molecular complexity index is 526. The topological polar surface area (TPSA) is 33.1 Å². The summed E-state index contributed by atoms with van der Waals surface area (Å²) in [5.41, 5.74) is 1.18. The van der Waals surface area contributed by atoms with E-state index in [1.54, 1.807) is 0 Å². The third kappa shape index (κ3) is 3.20. The van der Waals surface area contributed by atoms with Crippen LogP contribution in [0, 0.1) is 0 Å². The van der Waals surface area contributed by atoms with Crippen LogP contribution in [0.5, 0.6) is 0 Å². The van der Waals surface area contributed by atoms with E-state index in [9.17, 15) is 0 Å². The van der Waals surface area contributed by atoms with Gasteiger partial charge in [0, 0.05) is 43.8 Å². The normalized spacial score (nSPS) is 19.6. The minimum absolute atomic E-state index is 0. The van der Waals surface area contributed by atoms with Crippen molar-refractivity contribution in [1.82, 2.24) is 19.8 Å². The second-order valence-corrected chi connectivity index (χ2v) is 5.07. The Morgan fingerprint density at radius 3 is 2.85 bits per heavy atom. The zero-order valence-corrected chi connectivity index (χ0v) is 12.5. The van der Waals surface area contributed by atoms with Crippen molar-refractivity contribution < 1.29 is 0 Å². The molecule has 1 aliphatic rings. The number of nitrogens with zero attached hydrogens (tertiary/aromatic N) is 3. The van der Waals surface area contributed by atoms with Crippen molar-refractivity contribution >= 4 is 12.4 Å². The summed E-state index contributed by atoms with van der Waals surface area (Å²) in [5, 5.41) is 3.42. The molecule has 0 bridgehead atoms. The number of imidazole rings is 1. The zero-order chi connectivity index (χ0) is 13.1. The molecule has 108 valence electrons. The first kappa shape index (κ1) is 15.0. The first-order valence-electron chi connectivity index (χ1n) is 6.87. The Hall–Kier alpha value is -1.36. The van der Waals surface area contributed by atoms with E-state index >= 15 is 0 Å². The number of halogens is 1. The summed E-state index contributed by atoms with van der Waals surface area (Å²) in [6.07, 6.45) is 3.92. The van der Waals surface area contributed by atoms with Gasteiger partial charge in [-0.2, -0.15) is 0 Å². The van der Waals surface area contributed by atoms with E-state index in [2.05, 4.69) is 51.0 Å². The van der Waals surface area contributed by atoms with Crippen molar-refractivity contribution in [1.29, 1.82) is 0 Å². The average molecular weight is 293 g/mol. The van der Waals surface area contributed by atoms with E-state index in [0.717, 1.165) is 32.0 Å². The lowest BCUT2D eigenvalue weighted by molar-refractivity contribution is 0.161. The van der Waals surface area contributed by atoms with Crippen LogP contribution in [0.4, 0.5) is 0 Å². The summed E-state index contributed by atoms with van der Waals surface area (Å²) >= 11 is 0. The molecule has 5 heteroatoms. The zero-order valence-electron chi connectivity index (χ0n) is 11.7. The summed E-state index contributed by atoms with van der Waals surface area (Å²) in [4.78, 5) is 7.01. The molecule has 1 aliphatic heterocycles. The smallest absolute Gasteiger partial charge is 0.127 e. The highest BCUT2D eigenvalue weighted by molar-refractivity contribution is 5.85. The van der Waals surface area contributed by atoms with E-state index in [1.807, 2.05) is 18.5 Å². The van der Waals surface area contributed by atoms with Gasteiger partial charge in [0.2, 0.25) is 0 Å². The maximum atomic E-state index is 4.52. The highest BCUT2D eigenvalue weighted by Crippen LogP contribution is 2.14. The minimum atomic E-state index is 0. The third-order valence-corrected chi connectivity index (χ3v) is 3.74. The standard InChI is InChI=1S/C15H20N4.ClH/c1-13-11-16-7-9-18(13)12-15-17-8-10-19(15)14-5-3-2-4-6-14;/h2-6,8,10,13,16H,7,9,11-12H2,1H3;1H. The monoisotopic (exact) mass is 292 g/mol. The molecule has 1 aromatic carbocycles. The van der Waals surface area contributed by atoms with Gasteiger partial charge in [0.15, 0.2) is 0 Å². The van der Waals surface area contributed by atoms with Crippen LogP contribution < -0.4 is 5.32 Å². The van der Waals surface area contributed by atoms with E-state index in [1.165, 1.54) is 5.69 Å². The molecular weight excluding hydrogens is 272 g/mol. The number of benzene rings is 1. The lowest BCUT2D eigenvalue weighted by Gasteiger charge is -2.33. The van der Waals surface area contributed by atoms with Crippen molar-refractivity contribution in [3.63, 3.8) is 0 Å². The van der Waals surface area contributed by atoms with Gasteiger partial charge in [-0.25, -0.2) is 4.98 Å². The number of rotatable bonds is 3. The van der Waals surface area contributed by atoms with Gasteiger partial charge in [-0.1, -0.05) is 18.2 Å². The molecule has 1 unspecified atom stereocenters. The fourth-order valence-corrected chi connectivity index (χ4v) is 2.57. The predicted molar refractivity (Wildman–Crippen MR) is 83.6 cm³/mol. The van der Waals surface area contributed by atoms with Crippen LogP contribution in [0.25, 0.3) is 5.69 Å². The van der Waals surface area contributed by atoms with Gasteiger partial charge in [0.05, 0.1) is 6.54 Å². The Morgan fingerprint density at radius 2 is 2.10 bits per heavy atom. The second kappa shape index (κ2) is 6.88.